The Labute approximate surface area is 240 Å². The molecule has 0 bridgehead atoms. The fraction of sp³-hybridized carbons (Fsp3) is 0.344. The number of likely N-dealkylation sites (N-methyl/N-ethyl adjacent to an activating group) is 1. The fourth-order valence-corrected chi connectivity index (χ4v) is 6.34. The van der Waals surface area contributed by atoms with E-state index in [0.29, 0.717) is 18.0 Å². The van der Waals surface area contributed by atoms with Gasteiger partial charge in [0, 0.05) is 36.5 Å². The normalized spacial score (nSPS) is 18.2. The van der Waals surface area contributed by atoms with E-state index in [1.165, 1.54) is 27.4 Å². The lowest BCUT2D eigenvalue weighted by atomic mass is 9.98. The summed E-state index contributed by atoms with van der Waals surface area (Å²) in [5.41, 5.74) is 11.5. The van der Waals surface area contributed by atoms with E-state index in [2.05, 4.69) is 68.8 Å². The quantitative estimate of drug-likeness (QED) is 0.388. The van der Waals surface area contributed by atoms with Crippen LogP contribution in [0.3, 0.4) is 0 Å². The minimum atomic E-state index is 0.250. The van der Waals surface area contributed by atoms with Gasteiger partial charge in [0.05, 0.1) is 11.1 Å². The average Bonchev–Trinajstić information content (AvgIpc) is 3.67. The molecule has 3 aliphatic heterocycles. The van der Waals surface area contributed by atoms with Gasteiger partial charge in [-0.25, -0.2) is 0 Å². The van der Waals surface area contributed by atoms with Crippen LogP contribution in [0.25, 0.3) is 0 Å². The van der Waals surface area contributed by atoms with Crippen molar-refractivity contribution >= 4 is 35.2 Å². The van der Waals surface area contributed by atoms with Crippen LogP contribution >= 0.6 is 11.8 Å². The molecule has 0 spiro atoms. The number of thioether (sulfide) groups is 1. The maximum atomic E-state index is 10.5. The van der Waals surface area contributed by atoms with Crippen molar-refractivity contribution in [1.29, 1.82) is 0 Å². The lowest BCUT2D eigenvalue weighted by Gasteiger charge is -2.16. The van der Waals surface area contributed by atoms with Crippen LogP contribution in [0.5, 0.6) is 11.5 Å². The number of hydrogen-bond acceptors (Lipinski definition) is 7. The van der Waals surface area contributed by atoms with Crippen LogP contribution in [0.15, 0.2) is 65.7 Å². The van der Waals surface area contributed by atoms with Crippen LogP contribution in [0, 0.1) is 0 Å². The number of aldehydes is 1. The summed E-state index contributed by atoms with van der Waals surface area (Å²) >= 11 is 1.90. The van der Waals surface area contributed by atoms with Gasteiger partial charge in [-0.3, -0.25) is 14.6 Å². The summed E-state index contributed by atoms with van der Waals surface area (Å²) in [6.07, 6.45) is 3.16. The number of benzene rings is 3. The third kappa shape index (κ3) is 6.86. The Balaban J connectivity index is 0.000000222. The van der Waals surface area contributed by atoms with Crippen molar-refractivity contribution < 1.29 is 19.1 Å². The molecule has 1 amide bonds. The first-order valence-electron chi connectivity index (χ1n) is 13.5. The number of fused-ring (bicyclic) bond motifs is 2. The number of ether oxygens (including phenoxy) is 2. The average molecular weight is 560 g/mol. The highest BCUT2D eigenvalue weighted by molar-refractivity contribution is 8.14. The standard InChI is InChI=1S/C21H22N2O2S.C10H12O.CH3NO/c1-13-21(16-4-5-17-15(11-16)7-8-23(17)2)22-20(26-13)10-14-3-6-18-19(9-14)25-12-24-18;1-8(2)10-6-4-3-5-9(10)7-11;2-1-3/h3-6,9,11,13,21H,7-8,10,12H2,1-2H3;3-8H,1-2H3;1H,(H2,2,3). The summed E-state index contributed by atoms with van der Waals surface area (Å²) in [7, 11) is 2.17. The van der Waals surface area contributed by atoms with Gasteiger partial charge in [-0.15, -0.1) is 11.8 Å². The first kappa shape index (κ1) is 29.2. The van der Waals surface area contributed by atoms with Gasteiger partial charge in [-0.05, 0) is 52.8 Å². The van der Waals surface area contributed by atoms with Crippen LogP contribution in [0.2, 0.25) is 0 Å². The minimum absolute atomic E-state index is 0.250. The van der Waals surface area contributed by atoms with Crippen molar-refractivity contribution in [2.45, 2.75) is 50.8 Å². The molecular formula is C32H37N3O4S. The summed E-state index contributed by atoms with van der Waals surface area (Å²) in [5.74, 6) is 2.11. The summed E-state index contributed by atoms with van der Waals surface area (Å²) in [4.78, 5) is 26.5. The molecule has 6 rings (SSSR count). The van der Waals surface area contributed by atoms with E-state index in [1.54, 1.807) is 0 Å². The van der Waals surface area contributed by atoms with Crippen LogP contribution < -0.4 is 20.1 Å². The lowest BCUT2D eigenvalue weighted by Crippen LogP contribution is -2.12. The number of aliphatic imine (C=N–C) groups is 1. The lowest BCUT2D eigenvalue weighted by molar-refractivity contribution is -0.106. The zero-order valence-electron chi connectivity index (χ0n) is 23.5. The molecule has 3 aromatic rings. The molecule has 8 heteroatoms. The molecule has 0 saturated carbocycles. The second kappa shape index (κ2) is 13.5. The van der Waals surface area contributed by atoms with E-state index in [-0.39, 0.29) is 12.5 Å². The predicted octanol–water partition coefficient (Wildman–Crippen LogP) is 5.95. The predicted molar refractivity (Wildman–Crippen MR) is 163 cm³/mol. The zero-order chi connectivity index (χ0) is 28.6. The van der Waals surface area contributed by atoms with Gasteiger partial charge in [0.1, 0.15) is 6.29 Å². The molecule has 0 aromatic heterocycles. The van der Waals surface area contributed by atoms with E-state index >= 15 is 0 Å². The Bertz CT molecular complexity index is 1370. The molecule has 0 aliphatic carbocycles. The molecule has 40 heavy (non-hydrogen) atoms. The topological polar surface area (TPSA) is 94.2 Å². The van der Waals surface area contributed by atoms with Gasteiger partial charge >= 0.3 is 0 Å². The maximum Gasteiger partial charge on any atom is 0.231 e. The van der Waals surface area contributed by atoms with Crippen molar-refractivity contribution in [1.82, 2.24) is 0 Å². The van der Waals surface area contributed by atoms with Gasteiger partial charge in [0.2, 0.25) is 13.2 Å². The fourth-order valence-electron chi connectivity index (χ4n) is 5.14. The monoisotopic (exact) mass is 559 g/mol. The third-order valence-corrected chi connectivity index (χ3v) is 8.31. The minimum Gasteiger partial charge on any atom is -0.454 e. The van der Waals surface area contributed by atoms with Crippen molar-refractivity contribution in [3.8, 4) is 11.5 Å². The largest absolute Gasteiger partial charge is 0.454 e. The van der Waals surface area contributed by atoms with Crippen LogP contribution in [0.4, 0.5) is 5.69 Å². The first-order chi connectivity index (χ1) is 19.3. The van der Waals surface area contributed by atoms with Crippen LogP contribution in [0.1, 0.15) is 65.3 Å². The number of hydrogen-bond donors (Lipinski definition) is 1. The van der Waals surface area contributed by atoms with Crippen molar-refractivity contribution in [2.24, 2.45) is 10.7 Å². The summed E-state index contributed by atoms with van der Waals surface area (Å²) < 4.78 is 10.9. The van der Waals surface area contributed by atoms with E-state index in [9.17, 15) is 4.79 Å². The number of primary amides is 1. The van der Waals surface area contributed by atoms with Gasteiger partial charge < -0.3 is 20.1 Å². The maximum absolute atomic E-state index is 10.5. The number of carbonyl (C=O) groups is 2. The highest BCUT2D eigenvalue weighted by Crippen LogP contribution is 2.41. The molecule has 210 valence electrons. The molecule has 2 atom stereocenters. The second-order valence-electron chi connectivity index (χ2n) is 10.3. The number of amides is 1. The summed E-state index contributed by atoms with van der Waals surface area (Å²) in [5, 5.41) is 1.68. The van der Waals surface area contributed by atoms with Gasteiger partial charge in [0.15, 0.2) is 11.5 Å². The van der Waals surface area contributed by atoms with Crippen molar-refractivity contribution in [3.63, 3.8) is 0 Å². The molecule has 0 radical (unpaired) electrons. The molecule has 3 aromatic carbocycles. The number of nitrogens with zero attached hydrogens (tertiary/aromatic N) is 2. The van der Waals surface area contributed by atoms with E-state index in [0.717, 1.165) is 48.3 Å². The molecule has 3 aliphatic rings. The van der Waals surface area contributed by atoms with Crippen LogP contribution in [-0.2, 0) is 17.6 Å². The Morgan fingerprint density at radius 3 is 2.55 bits per heavy atom. The summed E-state index contributed by atoms with van der Waals surface area (Å²) in [6, 6.07) is 21.0. The number of carbonyl (C=O) groups excluding carboxylic acids is 2. The zero-order valence-corrected chi connectivity index (χ0v) is 24.3. The van der Waals surface area contributed by atoms with Gasteiger partial charge in [-0.1, -0.05) is 63.2 Å². The molecule has 2 N–H and O–H groups in total. The SMILES string of the molecule is CC(C)c1ccccc1C=O.CC1SC(Cc2ccc3c(c2)OCO3)=NC1c1ccc2c(c1)CCN2C.NC=O. The Morgan fingerprint density at radius 1 is 1.07 bits per heavy atom. The Morgan fingerprint density at radius 2 is 1.82 bits per heavy atom. The highest BCUT2D eigenvalue weighted by atomic mass is 32.2. The highest BCUT2D eigenvalue weighted by Gasteiger charge is 2.29. The molecule has 3 heterocycles. The van der Waals surface area contributed by atoms with E-state index < -0.39 is 0 Å². The molecular weight excluding hydrogens is 522 g/mol. The smallest absolute Gasteiger partial charge is 0.231 e. The van der Waals surface area contributed by atoms with Crippen LogP contribution in [-0.4, -0.2) is 43.4 Å². The first-order valence-corrected chi connectivity index (χ1v) is 14.4. The number of anilines is 1. The van der Waals surface area contributed by atoms with Crippen molar-refractivity contribution in [3.05, 3.63) is 88.5 Å². The molecule has 0 fully saturated rings. The van der Waals surface area contributed by atoms with Crippen molar-refractivity contribution in [2.75, 3.05) is 25.3 Å². The van der Waals surface area contributed by atoms with Gasteiger partial charge in [-0.2, -0.15) is 0 Å². The van der Waals surface area contributed by atoms with Gasteiger partial charge in [0.25, 0.3) is 0 Å². The molecule has 0 saturated heterocycles. The van der Waals surface area contributed by atoms with E-state index in [1.807, 2.05) is 42.1 Å². The number of nitrogens with two attached hydrogens (primary N) is 1. The molecule has 7 nitrogen and oxygen atoms in total. The Hall–Kier alpha value is -3.78. The second-order valence-corrected chi connectivity index (χ2v) is 11.7. The number of rotatable bonds is 5. The van der Waals surface area contributed by atoms with E-state index in [4.69, 9.17) is 19.3 Å². The Kier molecular flexibility index (Phi) is 9.88. The third-order valence-electron chi connectivity index (χ3n) is 7.16. The molecule has 2 unspecified atom stereocenters. The summed E-state index contributed by atoms with van der Waals surface area (Å²) in [6.45, 7) is 7.89.